The number of rotatable bonds is 4. The molecule has 1 aromatic heterocycles. The van der Waals surface area contributed by atoms with Crippen LogP contribution in [0.1, 0.15) is 17.0 Å². The van der Waals surface area contributed by atoms with Crippen LogP contribution in [0, 0.1) is 13.8 Å². The highest BCUT2D eigenvalue weighted by Crippen LogP contribution is 2.20. The van der Waals surface area contributed by atoms with E-state index in [0.29, 0.717) is 18.3 Å². The van der Waals surface area contributed by atoms with Gasteiger partial charge in [0.25, 0.3) is 0 Å². The molecule has 4 heteroatoms. The van der Waals surface area contributed by atoms with Crippen molar-refractivity contribution in [1.29, 1.82) is 0 Å². The molecule has 3 aromatic rings. The van der Waals surface area contributed by atoms with Crippen LogP contribution < -0.4 is 4.74 Å². The largest absolute Gasteiger partial charge is 0.489 e. The molecule has 0 aliphatic carbocycles. The second kappa shape index (κ2) is 5.79. The first kappa shape index (κ1) is 13.4. The Morgan fingerprint density at radius 1 is 1.05 bits per heavy atom. The van der Waals surface area contributed by atoms with Crippen LogP contribution >= 0.6 is 0 Å². The zero-order valence-electron chi connectivity index (χ0n) is 12.0. The normalized spacial score (nSPS) is 10.6. The van der Waals surface area contributed by atoms with E-state index in [1.54, 1.807) is 6.92 Å². The first-order valence-electron chi connectivity index (χ1n) is 6.80. The third kappa shape index (κ3) is 3.28. The summed E-state index contributed by atoms with van der Waals surface area (Å²) in [6.45, 7) is 4.41. The first-order valence-corrected chi connectivity index (χ1v) is 6.80. The Hall–Kier alpha value is -2.62. The lowest BCUT2D eigenvalue weighted by atomic mass is 10.1. The van der Waals surface area contributed by atoms with Crippen LogP contribution in [0.25, 0.3) is 11.4 Å². The molecule has 0 saturated heterocycles. The summed E-state index contributed by atoms with van der Waals surface area (Å²) in [6, 6.07) is 16.0. The predicted octanol–water partition coefficient (Wildman–Crippen LogP) is 3.93. The molecule has 2 aromatic carbocycles. The minimum Gasteiger partial charge on any atom is -0.489 e. The van der Waals surface area contributed by atoms with E-state index < -0.39 is 0 Å². The van der Waals surface area contributed by atoms with Gasteiger partial charge in [0.15, 0.2) is 0 Å². The fraction of sp³-hybridized carbons (Fsp3) is 0.176. The quantitative estimate of drug-likeness (QED) is 0.726. The van der Waals surface area contributed by atoms with Gasteiger partial charge in [0.1, 0.15) is 12.4 Å². The van der Waals surface area contributed by atoms with E-state index in [4.69, 9.17) is 9.26 Å². The van der Waals surface area contributed by atoms with Crippen LogP contribution in [-0.2, 0) is 6.61 Å². The molecule has 0 bridgehead atoms. The summed E-state index contributed by atoms with van der Waals surface area (Å²) < 4.78 is 10.8. The average Bonchev–Trinajstić information content (AvgIpc) is 2.92. The molecule has 1 heterocycles. The van der Waals surface area contributed by atoms with Crippen molar-refractivity contribution in [2.45, 2.75) is 20.5 Å². The van der Waals surface area contributed by atoms with Crippen molar-refractivity contribution in [3.05, 3.63) is 65.5 Å². The Morgan fingerprint density at radius 2 is 1.86 bits per heavy atom. The maximum Gasteiger partial charge on any atom is 0.223 e. The Kier molecular flexibility index (Phi) is 3.69. The van der Waals surface area contributed by atoms with Crippen LogP contribution in [0.4, 0.5) is 0 Å². The highest BCUT2D eigenvalue weighted by atomic mass is 16.5. The lowest BCUT2D eigenvalue weighted by molar-refractivity contribution is 0.306. The molecule has 0 spiro atoms. The maximum absolute atomic E-state index is 5.78. The van der Waals surface area contributed by atoms with Gasteiger partial charge in [-0.05, 0) is 36.8 Å². The van der Waals surface area contributed by atoms with Gasteiger partial charge >= 0.3 is 0 Å². The topological polar surface area (TPSA) is 48.2 Å². The molecular weight excluding hydrogens is 264 g/mol. The van der Waals surface area contributed by atoms with Crippen LogP contribution in [0.15, 0.2) is 53.1 Å². The lowest BCUT2D eigenvalue weighted by Gasteiger charge is -2.07. The van der Waals surface area contributed by atoms with Gasteiger partial charge in [-0.1, -0.05) is 35.0 Å². The third-order valence-electron chi connectivity index (χ3n) is 3.13. The van der Waals surface area contributed by atoms with Crippen LogP contribution in [-0.4, -0.2) is 10.1 Å². The van der Waals surface area contributed by atoms with E-state index in [1.807, 2.05) is 30.3 Å². The number of nitrogens with zero attached hydrogens (tertiary/aromatic N) is 2. The van der Waals surface area contributed by atoms with E-state index in [9.17, 15) is 0 Å². The molecule has 0 radical (unpaired) electrons. The van der Waals surface area contributed by atoms with Gasteiger partial charge in [-0.2, -0.15) is 4.98 Å². The Bertz CT molecular complexity index is 733. The molecule has 0 aliphatic heterocycles. The number of benzene rings is 2. The third-order valence-corrected chi connectivity index (χ3v) is 3.13. The van der Waals surface area contributed by atoms with Gasteiger partial charge < -0.3 is 9.26 Å². The van der Waals surface area contributed by atoms with Crippen molar-refractivity contribution in [1.82, 2.24) is 10.1 Å². The van der Waals surface area contributed by atoms with Crippen LogP contribution in [0.3, 0.4) is 0 Å². The van der Waals surface area contributed by atoms with Crippen molar-refractivity contribution in [2.75, 3.05) is 0 Å². The zero-order chi connectivity index (χ0) is 14.7. The van der Waals surface area contributed by atoms with Crippen molar-refractivity contribution < 1.29 is 9.26 Å². The molecule has 0 aliphatic rings. The summed E-state index contributed by atoms with van der Waals surface area (Å²) in [4.78, 5) is 4.20. The predicted molar refractivity (Wildman–Crippen MR) is 80.0 cm³/mol. The van der Waals surface area contributed by atoms with E-state index in [-0.39, 0.29) is 0 Å². The number of aromatic nitrogens is 2. The summed E-state index contributed by atoms with van der Waals surface area (Å²) in [7, 11) is 0. The van der Waals surface area contributed by atoms with E-state index in [1.165, 1.54) is 5.56 Å². The summed E-state index contributed by atoms with van der Waals surface area (Å²) in [5.41, 5.74) is 3.31. The average molecular weight is 280 g/mol. The smallest absolute Gasteiger partial charge is 0.223 e. The molecule has 21 heavy (non-hydrogen) atoms. The van der Waals surface area contributed by atoms with Gasteiger partial charge in [0, 0.05) is 12.5 Å². The number of ether oxygens (including phenoxy) is 1. The zero-order valence-corrected chi connectivity index (χ0v) is 12.0. The molecule has 0 saturated carbocycles. The van der Waals surface area contributed by atoms with E-state index in [2.05, 4.69) is 35.3 Å². The van der Waals surface area contributed by atoms with Gasteiger partial charge in [-0.25, -0.2) is 0 Å². The first-order chi connectivity index (χ1) is 10.2. The number of hydrogen-bond donors (Lipinski definition) is 0. The highest BCUT2D eigenvalue weighted by Gasteiger charge is 2.05. The van der Waals surface area contributed by atoms with Gasteiger partial charge in [0.2, 0.25) is 11.7 Å². The Morgan fingerprint density at radius 3 is 2.52 bits per heavy atom. The highest BCUT2D eigenvalue weighted by molar-refractivity contribution is 5.55. The molecule has 0 unspecified atom stereocenters. The summed E-state index contributed by atoms with van der Waals surface area (Å²) in [6.07, 6.45) is 0. The molecule has 0 amide bonds. The van der Waals surface area contributed by atoms with Crippen molar-refractivity contribution in [3.8, 4) is 17.1 Å². The second-order valence-electron chi connectivity index (χ2n) is 4.94. The SMILES string of the molecule is Cc1cccc(COc2ccc(-c3noc(C)n3)cc2)c1. The van der Waals surface area contributed by atoms with Crippen molar-refractivity contribution in [2.24, 2.45) is 0 Å². The van der Waals surface area contributed by atoms with Gasteiger partial charge in [0.05, 0.1) is 0 Å². The second-order valence-corrected chi connectivity index (χ2v) is 4.94. The number of hydrogen-bond acceptors (Lipinski definition) is 4. The summed E-state index contributed by atoms with van der Waals surface area (Å²) in [5.74, 6) is 1.97. The van der Waals surface area contributed by atoms with E-state index >= 15 is 0 Å². The minimum absolute atomic E-state index is 0.558. The standard InChI is InChI=1S/C17H16N2O2/c1-12-4-3-5-14(10-12)11-20-16-8-6-15(7-9-16)17-18-13(2)21-19-17/h3-10H,11H2,1-2H3. The molecule has 3 rings (SSSR count). The Labute approximate surface area is 123 Å². The molecular formula is C17H16N2O2. The van der Waals surface area contributed by atoms with Crippen molar-refractivity contribution >= 4 is 0 Å². The fourth-order valence-electron chi connectivity index (χ4n) is 2.09. The fourth-order valence-corrected chi connectivity index (χ4v) is 2.09. The van der Waals surface area contributed by atoms with Crippen LogP contribution in [0.2, 0.25) is 0 Å². The van der Waals surface area contributed by atoms with Crippen molar-refractivity contribution in [3.63, 3.8) is 0 Å². The van der Waals surface area contributed by atoms with Crippen LogP contribution in [0.5, 0.6) is 5.75 Å². The minimum atomic E-state index is 0.558. The van der Waals surface area contributed by atoms with E-state index in [0.717, 1.165) is 16.9 Å². The molecule has 4 nitrogen and oxygen atoms in total. The summed E-state index contributed by atoms with van der Waals surface area (Å²) >= 11 is 0. The molecule has 0 N–H and O–H groups in total. The van der Waals surface area contributed by atoms with Gasteiger partial charge in [-0.3, -0.25) is 0 Å². The summed E-state index contributed by atoms with van der Waals surface area (Å²) in [5, 5.41) is 3.89. The van der Waals surface area contributed by atoms with Gasteiger partial charge in [-0.15, -0.1) is 0 Å². The Balaban J connectivity index is 1.67. The molecule has 0 fully saturated rings. The maximum atomic E-state index is 5.78. The number of aryl methyl sites for hydroxylation is 2. The molecule has 106 valence electrons. The molecule has 0 atom stereocenters. The lowest BCUT2D eigenvalue weighted by Crippen LogP contribution is -1.95. The monoisotopic (exact) mass is 280 g/mol.